The van der Waals surface area contributed by atoms with Gasteiger partial charge in [0.1, 0.15) is 18.1 Å². The van der Waals surface area contributed by atoms with Gasteiger partial charge in [-0.15, -0.1) is 0 Å². The lowest BCUT2D eigenvalue weighted by molar-refractivity contribution is -0.130. The fraction of sp³-hybridized carbons (Fsp3) is 0.0333. The molecule has 0 saturated heterocycles. The number of carbonyl (C=O) groups is 1. The maximum Gasteiger partial charge on any atom is 0.343 e. The van der Waals surface area contributed by atoms with Crippen LogP contribution >= 0.6 is 0 Å². The summed E-state index contributed by atoms with van der Waals surface area (Å²) < 4.78 is 11.3. The highest BCUT2D eigenvalue weighted by atomic mass is 16.5. The van der Waals surface area contributed by atoms with Gasteiger partial charge in [-0.05, 0) is 46.5 Å². The minimum atomic E-state index is -0.346. The van der Waals surface area contributed by atoms with Crippen LogP contribution in [0.2, 0.25) is 0 Å². The summed E-state index contributed by atoms with van der Waals surface area (Å²) in [6, 6.07) is 35.9. The second kappa shape index (κ2) is 9.41. The smallest absolute Gasteiger partial charge is 0.343 e. The molecule has 0 saturated carbocycles. The van der Waals surface area contributed by atoms with Crippen LogP contribution in [-0.4, -0.2) is 5.97 Å². The van der Waals surface area contributed by atoms with Gasteiger partial charge in [-0.25, -0.2) is 4.79 Å². The molecular weight excluding hydrogens is 408 g/mol. The summed E-state index contributed by atoms with van der Waals surface area (Å²) in [5.41, 5.74) is 5.69. The van der Waals surface area contributed by atoms with E-state index in [9.17, 15) is 4.79 Å². The van der Waals surface area contributed by atoms with Crippen LogP contribution in [0.1, 0.15) is 16.7 Å². The molecule has 4 aromatic carbocycles. The van der Waals surface area contributed by atoms with Crippen LogP contribution in [0.5, 0.6) is 5.75 Å². The van der Waals surface area contributed by atoms with Gasteiger partial charge in [0.2, 0.25) is 0 Å². The fourth-order valence-electron chi connectivity index (χ4n) is 3.67. The van der Waals surface area contributed by atoms with Gasteiger partial charge >= 0.3 is 5.97 Å². The Balaban J connectivity index is 1.28. The third kappa shape index (κ3) is 4.94. The zero-order valence-electron chi connectivity index (χ0n) is 18.0. The lowest BCUT2D eigenvalue weighted by Crippen LogP contribution is -1.97. The van der Waals surface area contributed by atoms with Crippen LogP contribution in [-0.2, 0) is 16.1 Å². The Morgan fingerprint density at radius 1 is 0.667 bits per heavy atom. The number of carbonyl (C=O) groups excluding carboxylic acids is 1. The van der Waals surface area contributed by atoms with Crippen molar-refractivity contribution < 1.29 is 14.3 Å². The number of benzene rings is 4. The quantitative estimate of drug-likeness (QED) is 0.246. The van der Waals surface area contributed by atoms with Crippen molar-refractivity contribution >= 4 is 17.8 Å². The Kier molecular flexibility index (Phi) is 5.85. The van der Waals surface area contributed by atoms with Crippen molar-refractivity contribution in [1.82, 2.24) is 0 Å². The second-order valence-corrected chi connectivity index (χ2v) is 7.78. The van der Waals surface area contributed by atoms with Crippen molar-refractivity contribution in [3.8, 4) is 16.9 Å². The zero-order valence-corrected chi connectivity index (χ0v) is 18.0. The van der Waals surface area contributed by atoms with E-state index in [1.165, 1.54) is 0 Å². The first-order valence-corrected chi connectivity index (χ1v) is 10.8. The highest BCUT2D eigenvalue weighted by Crippen LogP contribution is 2.29. The molecule has 0 aliphatic carbocycles. The van der Waals surface area contributed by atoms with Crippen LogP contribution in [0, 0.1) is 0 Å². The van der Waals surface area contributed by atoms with Gasteiger partial charge in [0.15, 0.2) is 0 Å². The molecule has 3 nitrogen and oxygen atoms in total. The van der Waals surface area contributed by atoms with E-state index in [4.69, 9.17) is 9.47 Å². The molecule has 1 aliphatic heterocycles. The van der Waals surface area contributed by atoms with E-state index in [2.05, 4.69) is 12.1 Å². The molecule has 1 aliphatic rings. The van der Waals surface area contributed by atoms with Crippen molar-refractivity contribution in [2.45, 2.75) is 6.61 Å². The van der Waals surface area contributed by atoms with Gasteiger partial charge in [0.25, 0.3) is 0 Å². The van der Waals surface area contributed by atoms with Gasteiger partial charge in [0, 0.05) is 5.56 Å². The summed E-state index contributed by atoms with van der Waals surface area (Å²) >= 11 is 0. The van der Waals surface area contributed by atoms with E-state index in [1.807, 2.05) is 103 Å². The van der Waals surface area contributed by atoms with Crippen LogP contribution in [0.4, 0.5) is 0 Å². The molecule has 3 heteroatoms. The molecule has 0 amide bonds. The summed E-state index contributed by atoms with van der Waals surface area (Å²) in [6.45, 7) is 0.517. The lowest BCUT2D eigenvalue weighted by atomic mass is 10.0. The molecule has 0 radical (unpaired) electrons. The number of rotatable bonds is 6. The molecule has 33 heavy (non-hydrogen) atoms. The molecule has 0 fully saturated rings. The van der Waals surface area contributed by atoms with E-state index >= 15 is 0 Å². The molecular formula is C30H22O3. The van der Waals surface area contributed by atoms with Crippen molar-refractivity contribution in [1.29, 1.82) is 0 Å². The van der Waals surface area contributed by atoms with Gasteiger partial charge in [-0.2, -0.15) is 0 Å². The van der Waals surface area contributed by atoms with Crippen molar-refractivity contribution in [2.75, 3.05) is 0 Å². The highest BCUT2D eigenvalue weighted by molar-refractivity contribution is 6.05. The molecule has 0 bridgehead atoms. The summed E-state index contributed by atoms with van der Waals surface area (Å²) in [7, 11) is 0. The third-order valence-corrected chi connectivity index (χ3v) is 5.45. The van der Waals surface area contributed by atoms with E-state index in [0.29, 0.717) is 17.9 Å². The lowest BCUT2D eigenvalue weighted by Gasteiger charge is -2.06. The van der Waals surface area contributed by atoms with Crippen LogP contribution in [0.25, 0.3) is 23.0 Å². The fourth-order valence-corrected chi connectivity index (χ4v) is 3.67. The Morgan fingerprint density at radius 2 is 1.27 bits per heavy atom. The number of esters is 1. The van der Waals surface area contributed by atoms with Crippen molar-refractivity contribution in [3.05, 3.63) is 138 Å². The maximum absolute atomic E-state index is 12.4. The molecule has 160 valence electrons. The Hall–Kier alpha value is -4.37. The van der Waals surface area contributed by atoms with Crippen LogP contribution in [0.3, 0.4) is 0 Å². The largest absolute Gasteiger partial charge is 0.489 e. The average Bonchev–Trinajstić information content (AvgIpc) is 3.25. The zero-order chi connectivity index (χ0) is 22.5. The minimum Gasteiger partial charge on any atom is -0.489 e. The Morgan fingerprint density at radius 3 is 1.97 bits per heavy atom. The predicted molar refractivity (Wildman–Crippen MR) is 131 cm³/mol. The van der Waals surface area contributed by atoms with E-state index in [1.54, 1.807) is 6.08 Å². The molecule has 5 rings (SSSR count). The van der Waals surface area contributed by atoms with E-state index in [0.717, 1.165) is 33.6 Å². The normalized spacial score (nSPS) is 14.1. The van der Waals surface area contributed by atoms with Gasteiger partial charge in [0.05, 0.1) is 5.57 Å². The average molecular weight is 431 g/mol. The molecule has 1 heterocycles. The Labute approximate surface area is 193 Å². The predicted octanol–water partition coefficient (Wildman–Crippen LogP) is 6.91. The topological polar surface area (TPSA) is 35.5 Å². The first kappa shape index (κ1) is 20.5. The second-order valence-electron chi connectivity index (χ2n) is 7.78. The highest BCUT2D eigenvalue weighted by Gasteiger charge is 2.22. The van der Waals surface area contributed by atoms with E-state index < -0.39 is 0 Å². The number of hydrogen-bond acceptors (Lipinski definition) is 3. The first-order valence-electron chi connectivity index (χ1n) is 10.8. The van der Waals surface area contributed by atoms with Crippen LogP contribution < -0.4 is 4.74 Å². The maximum atomic E-state index is 12.4. The number of ether oxygens (including phenoxy) is 2. The first-order chi connectivity index (χ1) is 16.2. The minimum absolute atomic E-state index is 0.346. The molecule has 0 spiro atoms. The molecule has 4 aromatic rings. The molecule has 0 N–H and O–H groups in total. The Bertz CT molecular complexity index is 1300. The summed E-state index contributed by atoms with van der Waals surface area (Å²) in [5, 5.41) is 0. The molecule has 0 unspecified atom stereocenters. The monoisotopic (exact) mass is 430 g/mol. The summed E-state index contributed by atoms with van der Waals surface area (Å²) in [6.07, 6.45) is 3.62. The molecule has 0 aromatic heterocycles. The molecule has 0 atom stereocenters. The summed E-state index contributed by atoms with van der Waals surface area (Å²) in [4.78, 5) is 12.4. The SMILES string of the molecule is O=C1OC(c2ccc(-c3ccccc3)cc2)=C/C1=C\c1ccc(OCc2ccccc2)cc1. The van der Waals surface area contributed by atoms with Gasteiger partial charge in [-0.1, -0.05) is 97.1 Å². The third-order valence-electron chi connectivity index (χ3n) is 5.45. The van der Waals surface area contributed by atoms with Crippen molar-refractivity contribution in [2.24, 2.45) is 0 Å². The summed E-state index contributed by atoms with van der Waals surface area (Å²) in [5.74, 6) is 1.000. The standard InChI is InChI=1S/C30H22O3/c31-30-27(19-22-11-17-28(18-12-22)32-21-23-7-3-1-4-8-23)20-29(33-30)26-15-13-25(14-16-26)24-9-5-2-6-10-24/h1-20H,21H2/b27-19+. The van der Waals surface area contributed by atoms with E-state index in [-0.39, 0.29) is 5.97 Å². The number of hydrogen-bond donors (Lipinski definition) is 0. The van der Waals surface area contributed by atoms with Crippen molar-refractivity contribution in [3.63, 3.8) is 0 Å². The van der Waals surface area contributed by atoms with Crippen LogP contribution in [0.15, 0.2) is 121 Å². The van der Waals surface area contributed by atoms with Gasteiger partial charge in [-0.3, -0.25) is 0 Å². The van der Waals surface area contributed by atoms with Gasteiger partial charge < -0.3 is 9.47 Å². The number of cyclic esters (lactones) is 1.